The van der Waals surface area contributed by atoms with Crippen molar-refractivity contribution in [2.75, 3.05) is 18.8 Å². The van der Waals surface area contributed by atoms with Crippen molar-refractivity contribution in [1.29, 1.82) is 0 Å². The van der Waals surface area contributed by atoms with E-state index < -0.39 is 0 Å². The Morgan fingerprint density at radius 3 is 2.80 bits per heavy atom. The van der Waals surface area contributed by atoms with Crippen LogP contribution >= 0.6 is 0 Å². The van der Waals surface area contributed by atoms with Gasteiger partial charge in [-0.15, -0.1) is 0 Å². The van der Waals surface area contributed by atoms with E-state index in [1.807, 2.05) is 16.5 Å². The third kappa shape index (κ3) is 2.88. The Labute approximate surface area is 147 Å². The highest BCUT2D eigenvalue weighted by molar-refractivity contribution is 5.94. The molecule has 1 saturated heterocycles. The van der Waals surface area contributed by atoms with Gasteiger partial charge in [-0.05, 0) is 52.0 Å². The van der Waals surface area contributed by atoms with E-state index in [1.165, 1.54) is 0 Å². The third-order valence-corrected chi connectivity index (χ3v) is 5.24. The second kappa shape index (κ2) is 6.13. The molecule has 2 aromatic heterocycles. The summed E-state index contributed by atoms with van der Waals surface area (Å²) in [4.78, 5) is 23.6. The van der Waals surface area contributed by atoms with Crippen LogP contribution in [0.1, 0.15) is 58.4 Å². The molecule has 7 heteroatoms. The van der Waals surface area contributed by atoms with Gasteiger partial charge in [-0.1, -0.05) is 0 Å². The molecule has 0 aromatic carbocycles. The number of anilines is 1. The molecule has 0 bridgehead atoms. The summed E-state index contributed by atoms with van der Waals surface area (Å²) in [7, 11) is 0. The zero-order valence-corrected chi connectivity index (χ0v) is 14.8. The van der Waals surface area contributed by atoms with Crippen molar-refractivity contribution in [2.45, 2.75) is 52.0 Å². The Kier molecular flexibility index (Phi) is 3.94. The van der Waals surface area contributed by atoms with Crippen LogP contribution in [0.3, 0.4) is 0 Å². The van der Waals surface area contributed by atoms with E-state index in [1.54, 1.807) is 0 Å². The van der Waals surface area contributed by atoms with Crippen LogP contribution in [0.2, 0.25) is 0 Å². The fourth-order valence-corrected chi connectivity index (χ4v) is 4.08. The van der Waals surface area contributed by atoms with Crippen molar-refractivity contribution in [3.63, 3.8) is 0 Å². The highest BCUT2D eigenvalue weighted by atomic mass is 16.2. The molecule has 7 nitrogen and oxygen atoms in total. The molecule has 1 unspecified atom stereocenters. The molecule has 2 aliphatic rings. The first kappa shape index (κ1) is 16.1. The van der Waals surface area contributed by atoms with Crippen molar-refractivity contribution in [1.82, 2.24) is 24.6 Å². The molecule has 0 saturated carbocycles. The van der Waals surface area contributed by atoms with E-state index in [2.05, 4.69) is 28.1 Å². The second-order valence-electron chi connectivity index (χ2n) is 7.13. The lowest BCUT2D eigenvalue weighted by Gasteiger charge is -2.22. The summed E-state index contributed by atoms with van der Waals surface area (Å²) in [5.41, 5.74) is 10.5. The topological polar surface area (TPSA) is 89.9 Å². The summed E-state index contributed by atoms with van der Waals surface area (Å²) >= 11 is 0. The molecule has 25 heavy (non-hydrogen) atoms. The first-order chi connectivity index (χ1) is 12.0. The van der Waals surface area contributed by atoms with Crippen molar-refractivity contribution < 1.29 is 4.79 Å². The Hall–Kier alpha value is -2.44. The monoisotopic (exact) mass is 340 g/mol. The standard InChI is InChI=1S/C18H24N6O/c1-11-9-12(2)24(22-11)13-7-8-23(10-13)17(25)16-14-5-3-4-6-15(14)20-18(19)21-16/h9,13H,3-8,10H2,1-2H3,(H2,19,20,21). The van der Waals surface area contributed by atoms with Gasteiger partial charge < -0.3 is 10.6 Å². The van der Waals surface area contributed by atoms with Crippen molar-refractivity contribution >= 4 is 11.9 Å². The number of rotatable bonds is 2. The summed E-state index contributed by atoms with van der Waals surface area (Å²) in [6, 6.07) is 2.30. The molecule has 132 valence electrons. The molecular formula is C18H24N6O. The van der Waals surface area contributed by atoms with E-state index in [9.17, 15) is 4.79 Å². The normalized spacial score (nSPS) is 19.9. The molecule has 2 N–H and O–H groups in total. The number of likely N-dealkylation sites (tertiary alicyclic amines) is 1. The number of aromatic nitrogens is 4. The maximum Gasteiger partial charge on any atom is 0.273 e. The Balaban J connectivity index is 1.58. The minimum atomic E-state index is -0.0173. The summed E-state index contributed by atoms with van der Waals surface area (Å²) < 4.78 is 2.05. The van der Waals surface area contributed by atoms with Crippen LogP contribution in [0.5, 0.6) is 0 Å². The van der Waals surface area contributed by atoms with Crippen LogP contribution in [0.4, 0.5) is 5.95 Å². The van der Waals surface area contributed by atoms with E-state index in [4.69, 9.17) is 5.73 Å². The van der Waals surface area contributed by atoms with Crippen molar-refractivity contribution in [3.8, 4) is 0 Å². The number of nitrogen functional groups attached to an aromatic ring is 1. The third-order valence-electron chi connectivity index (χ3n) is 5.24. The van der Waals surface area contributed by atoms with Crippen LogP contribution in [0, 0.1) is 13.8 Å². The largest absolute Gasteiger partial charge is 0.368 e. The molecule has 0 spiro atoms. The number of nitrogens with zero attached hydrogens (tertiary/aromatic N) is 5. The number of nitrogens with two attached hydrogens (primary N) is 1. The minimum absolute atomic E-state index is 0.0173. The SMILES string of the molecule is Cc1cc(C)n(C2CCN(C(=O)c3nc(N)nc4c3CCCC4)C2)n1. The number of hydrogen-bond acceptors (Lipinski definition) is 5. The Morgan fingerprint density at radius 1 is 1.24 bits per heavy atom. The fraction of sp³-hybridized carbons (Fsp3) is 0.556. The summed E-state index contributed by atoms with van der Waals surface area (Å²) in [6.45, 7) is 5.45. The first-order valence-corrected chi connectivity index (χ1v) is 9.00. The number of carbonyl (C=O) groups excluding carboxylic acids is 1. The van der Waals surface area contributed by atoms with Gasteiger partial charge in [0, 0.05) is 30.0 Å². The first-order valence-electron chi connectivity index (χ1n) is 9.00. The zero-order chi connectivity index (χ0) is 17.6. The highest BCUT2D eigenvalue weighted by Crippen LogP contribution is 2.27. The van der Waals surface area contributed by atoms with Crippen LogP contribution in [-0.4, -0.2) is 43.6 Å². The van der Waals surface area contributed by atoms with Crippen LogP contribution in [-0.2, 0) is 12.8 Å². The smallest absolute Gasteiger partial charge is 0.273 e. The highest BCUT2D eigenvalue weighted by Gasteiger charge is 2.32. The van der Waals surface area contributed by atoms with Gasteiger partial charge in [0.15, 0.2) is 0 Å². The zero-order valence-electron chi connectivity index (χ0n) is 14.8. The number of carbonyl (C=O) groups is 1. The van der Waals surface area contributed by atoms with E-state index in [0.717, 1.165) is 61.3 Å². The predicted molar refractivity (Wildman–Crippen MR) is 94.3 cm³/mol. The lowest BCUT2D eigenvalue weighted by molar-refractivity contribution is 0.0779. The van der Waals surface area contributed by atoms with E-state index in [-0.39, 0.29) is 17.9 Å². The quantitative estimate of drug-likeness (QED) is 0.901. The maximum atomic E-state index is 13.1. The van der Waals surface area contributed by atoms with Crippen molar-refractivity contribution in [2.24, 2.45) is 0 Å². The van der Waals surface area contributed by atoms with Gasteiger partial charge in [0.05, 0.1) is 11.7 Å². The number of aryl methyl sites for hydroxylation is 3. The molecule has 1 amide bonds. The van der Waals surface area contributed by atoms with E-state index in [0.29, 0.717) is 12.2 Å². The molecular weight excluding hydrogens is 316 g/mol. The van der Waals surface area contributed by atoms with Gasteiger partial charge in [-0.2, -0.15) is 5.10 Å². The fourth-order valence-electron chi connectivity index (χ4n) is 4.08. The average molecular weight is 340 g/mol. The Morgan fingerprint density at radius 2 is 2.04 bits per heavy atom. The van der Waals surface area contributed by atoms with E-state index >= 15 is 0 Å². The van der Waals surface area contributed by atoms with Gasteiger partial charge in [-0.3, -0.25) is 9.48 Å². The molecule has 4 rings (SSSR count). The van der Waals surface area contributed by atoms with Crippen LogP contribution in [0.25, 0.3) is 0 Å². The predicted octanol–water partition coefficient (Wildman–Crippen LogP) is 1.84. The molecule has 1 aliphatic carbocycles. The molecule has 1 atom stereocenters. The van der Waals surface area contributed by atoms with Gasteiger partial charge in [0.1, 0.15) is 5.69 Å². The maximum absolute atomic E-state index is 13.1. The van der Waals surface area contributed by atoms with Crippen molar-refractivity contribution in [3.05, 3.63) is 34.4 Å². The summed E-state index contributed by atoms with van der Waals surface area (Å²) in [5, 5.41) is 4.58. The lowest BCUT2D eigenvalue weighted by Crippen LogP contribution is -2.32. The number of hydrogen-bond donors (Lipinski definition) is 1. The van der Waals surface area contributed by atoms with Gasteiger partial charge >= 0.3 is 0 Å². The summed E-state index contributed by atoms with van der Waals surface area (Å²) in [6.07, 6.45) is 4.84. The molecule has 1 fully saturated rings. The summed E-state index contributed by atoms with van der Waals surface area (Å²) in [5.74, 6) is 0.189. The molecule has 0 radical (unpaired) electrons. The number of fused-ring (bicyclic) bond motifs is 1. The molecule has 3 heterocycles. The molecule has 2 aromatic rings. The Bertz CT molecular complexity index is 827. The minimum Gasteiger partial charge on any atom is -0.368 e. The average Bonchev–Trinajstić information content (AvgIpc) is 3.19. The van der Waals surface area contributed by atoms with Crippen LogP contribution < -0.4 is 5.73 Å². The van der Waals surface area contributed by atoms with Gasteiger partial charge in [0.25, 0.3) is 5.91 Å². The van der Waals surface area contributed by atoms with Crippen LogP contribution in [0.15, 0.2) is 6.07 Å². The molecule has 1 aliphatic heterocycles. The lowest BCUT2D eigenvalue weighted by atomic mass is 9.94. The second-order valence-corrected chi connectivity index (χ2v) is 7.13. The van der Waals surface area contributed by atoms with Gasteiger partial charge in [-0.25, -0.2) is 9.97 Å². The van der Waals surface area contributed by atoms with Gasteiger partial charge in [0.2, 0.25) is 5.95 Å². The number of amides is 1.